The van der Waals surface area contributed by atoms with E-state index < -0.39 is 0 Å². The molecule has 3 aromatic heterocycles. The maximum Gasteiger partial charge on any atom is 0.167 e. The second-order valence-corrected chi connectivity index (χ2v) is 14.0. The van der Waals surface area contributed by atoms with E-state index in [9.17, 15) is 0 Å². The first-order chi connectivity index (χ1) is 27.8. The Bertz CT molecular complexity index is 3220. The van der Waals surface area contributed by atoms with Gasteiger partial charge in [0.2, 0.25) is 0 Å². The van der Waals surface area contributed by atoms with Gasteiger partial charge in [-0.05, 0) is 53.1 Å². The Morgan fingerprint density at radius 2 is 0.804 bits per heavy atom. The summed E-state index contributed by atoms with van der Waals surface area (Å²) < 4.78 is 9.29. The number of nitrogens with zero attached hydrogens (tertiary/aromatic N) is 4. The molecule has 0 saturated heterocycles. The zero-order chi connectivity index (χ0) is 37.0. The van der Waals surface area contributed by atoms with Crippen LogP contribution in [0.15, 0.2) is 199 Å². The molecular weight excluding hydrogens is 685 g/mol. The lowest BCUT2D eigenvalue weighted by atomic mass is 10.00. The summed E-state index contributed by atoms with van der Waals surface area (Å²) in [6.07, 6.45) is 0. The van der Waals surface area contributed by atoms with Gasteiger partial charge in [-0.1, -0.05) is 158 Å². The number of rotatable bonds is 6. The average molecular weight is 717 g/mol. The van der Waals surface area contributed by atoms with Gasteiger partial charge in [0.05, 0.1) is 16.6 Å². The van der Waals surface area contributed by atoms with Crippen molar-refractivity contribution >= 4 is 43.7 Å². The summed E-state index contributed by atoms with van der Waals surface area (Å²) >= 11 is 0. The molecule has 0 unspecified atom stereocenters. The minimum atomic E-state index is 0.558. The molecule has 0 fully saturated rings. The lowest BCUT2D eigenvalue weighted by molar-refractivity contribution is 0.670. The third kappa shape index (κ3) is 5.29. The summed E-state index contributed by atoms with van der Waals surface area (Å²) in [5.41, 5.74) is 12.1. The van der Waals surface area contributed by atoms with Crippen molar-refractivity contribution < 1.29 is 4.42 Å². The van der Waals surface area contributed by atoms with Crippen LogP contribution in [-0.4, -0.2) is 19.5 Å². The molecule has 11 aromatic rings. The highest BCUT2D eigenvalue weighted by atomic mass is 16.3. The van der Waals surface area contributed by atoms with Crippen molar-refractivity contribution in [1.29, 1.82) is 0 Å². The van der Waals surface area contributed by atoms with E-state index in [1.807, 2.05) is 42.5 Å². The lowest BCUT2D eigenvalue weighted by Gasteiger charge is -2.09. The van der Waals surface area contributed by atoms with Gasteiger partial charge in [-0.15, -0.1) is 0 Å². The van der Waals surface area contributed by atoms with Crippen LogP contribution in [0.3, 0.4) is 0 Å². The standard InChI is InChI=1S/C51H32N4O/c1-4-14-33(15-5-1)34-26-28-36(29-27-34)50-52-49(35-16-6-2-7-17-35)53-51(54-50)43-24-13-23-42-41-22-12-21-39(47(41)56-48(42)43)37-30-31-46-44(32-37)40-20-10-11-25-45(40)55(46)38-18-8-3-9-19-38/h1-32H. The second-order valence-electron chi connectivity index (χ2n) is 14.0. The van der Waals surface area contributed by atoms with E-state index >= 15 is 0 Å². The first kappa shape index (κ1) is 31.9. The highest BCUT2D eigenvalue weighted by Crippen LogP contribution is 2.41. The van der Waals surface area contributed by atoms with Gasteiger partial charge in [-0.2, -0.15) is 0 Å². The van der Waals surface area contributed by atoms with Gasteiger partial charge < -0.3 is 8.98 Å². The number of benzene rings is 8. The van der Waals surface area contributed by atoms with E-state index in [-0.39, 0.29) is 0 Å². The molecule has 0 saturated carbocycles. The molecule has 0 N–H and O–H groups in total. The maximum atomic E-state index is 6.95. The molecule has 0 aliphatic rings. The van der Waals surface area contributed by atoms with Crippen LogP contribution in [0.1, 0.15) is 0 Å². The zero-order valence-electron chi connectivity index (χ0n) is 30.2. The van der Waals surface area contributed by atoms with Gasteiger partial charge in [-0.25, -0.2) is 15.0 Å². The number of hydrogen-bond acceptors (Lipinski definition) is 4. The fourth-order valence-electron chi connectivity index (χ4n) is 8.00. The van der Waals surface area contributed by atoms with Crippen molar-refractivity contribution in [3.63, 3.8) is 0 Å². The zero-order valence-corrected chi connectivity index (χ0v) is 30.2. The van der Waals surface area contributed by atoms with Crippen LogP contribution in [0.25, 0.3) is 106 Å². The lowest BCUT2D eigenvalue weighted by Crippen LogP contribution is -2.00. The molecular formula is C51H32N4O. The number of furan rings is 1. The molecule has 5 nitrogen and oxygen atoms in total. The molecule has 0 amide bonds. The summed E-state index contributed by atoms with van der Waals surface area (Å²) in [5.74, 6) is 1.77. The topological polar surface area (TPSA) is 56.7 Å². The molecule has 5 heteroatoms. The molecule has 8 aromatic carbocycles. The Kier molecular flexibility index (Phi) is 7.42. The SMILES string of the molecule is c1ccc(-c2ccc(-c3nc(-c4ccccc4)nc(-c4cccc5c4oc4c(-c6ccc7c(c6)c6ccccc6n7-c6ccccc6)cccc45)n3)cc2)cc1. The van der Waals surface area contributed by atoms with Crippen molar-refractivity contribution in [2.75, 3.05) is 0 Å². The van der Waals surface area contributed by atoms with E-state index in [0.29, 0.717) is 17.5 Å². The quantitative estimate of drug-likeness (QED) is 0.172. The summed E-state index contributed by atoms with van der Waals surface area (Å²) in [4.78, 5) is 15.2. The molecule has 0 radical (unpaired) electrons. The number of hydrogen-bond donors (Lipinski definition) is 0. The summed E-state index contributed by atoms with van der Waals surface area (Å²) in [5, 5.41) is 4.46. The van der Waals surface area contributed by atoms with Crippen LogP contribution in [0.5, 0.6) is 0 Å². The van der Waals surface area contributed by atoms with E-state index in [0.717, 1.165) is 72.1 Å². The Morgan fingerprint density at radius 1 is 0.321 bits per heavy atom. The summed E-state index contributed by atoms with van der Waals surface area (Å²) in [7, 11) is 0. The number of fused-ring (bicyclic) bond motifs is 6. The highest BCUT2D eigenvalue weighted by molar-refractivity contribution is 6.14. The molecule has 3 heterocycles. The van der Waals surface area contributed by atoms with Gasteiger partial charge in [0.15, 0.2) is 17.5 Å². The molecule has 56 heavy (non-hydrogen) atoms. The van der Waals surface area contributed by atoms with Crippen LogP contribution < -0.4 is 0 Å². The van der Waals surface area contributed by atoms with Crippen molar-refractivity contribution in [2.45, 2.75) is 0 Å². The first-order valence-electron chi connectivity index (χ1n) is 18.8. The Labute approximate surface area is 322 Å². The molecule has 0 bridgehead atoms. The van der Waals surface area contributed by atoms with Gasteiger partial charge in [0.1, 0.15) is 11.2 Å². The van der Waals surface area contributed by atoms with Crippen LogP contribution in [0.4, 0.5) is 0 Å². The summed E-state index contributed by atoms with van der Waals surface area (Å²) in [6.45, 7) is 0. The molecule has 0 atom stereocenters. The van der Waals surface area contributed by atoms with E-state index in [4.69, 9.17) is 19.4 Å². The van der Waals surface area contributed by atoms with Crippen molar-refractivity contribution in [3.8, 4) is 62.1 Å². The van der Waals surface area contributed by atoms with Gasteiger partial charge in [0.25, 0.3) is 0 Å². The second kappa shape index (κ2) is 13.0. The van der Waals surface area contributed by atoms with Gasteiger partial charge in [-0.3, -0.25) is 0 Å². The average Bonchev–Trinajstić information content (AvgIpc) is 3.83. The van der Waals surface area contributed by atoms with E-state index in [1.54, 1.807) is 0 Å². The molecule has 11 rings (SSSR count). The van der Waals surface area contributed by atoms with Crippen molar-refractivity contribution in [1.82, 2.24) is 19.5 Å². The number of aromatic nitrogens is 4. The fourth-order valence-corrected chi connectivity index (χ4v) is 8.00. The van der Waals surface area contributed by atoms with Crippen LogP contribution in [0.2, 0.25) is 0 Å². The monoisotopic (exact) mass is 716 g/mol. The minimum Gasteiger partial charge on any atom is -0.455 e. The Hall–Kier alpha value is -7.63. The molecule has 0 aliphatic heterocycles. The normalized spacial score (nSPS) is 11.6. The van der Waals surface area contributed by atoms with Crippen LogP contribution >= 0.6 is 0 Å². The largest absolute Gasteiger partial charge is 0.455 e. The predicted octanol–water partition coefficient (Wildman–Crippen LogP) is 13.2. The van der Waals surface area contributed by atoms with Crippen LogP contribution in [-0.2, 0) is 0 Å². The molecule has 0 aliphatic carbocycles. The number of para-hydroxylation sites is 4. The Balaban J connectivity index is 1.07. The minimum absolute atomic E-state index is 0.558. The maximum absolute atomic E-state index is 6.95. The van der Waals surface area contributed by atoms with E-state index in [1.165, 1.54) is 16.3 Å². The first-order valence-corrected chi connectivity index (χ1v) is 18.8. The van der Waals surface area contributed by atoms with E-state index in [2.05, 4.69) is 156 Å². The molecule has 0 spiro atoms. The smallest absolute Gasteiger partial charge is 0.167 e. The highest BCUT2D eigenvalue weighted by Gasteiger charge is 2.20. The van der Waals surface area contributed by atoms with Gasteiger partial charge in [0, 0.05) is 43.9 Å². The molecule has 262 valence electrons. The Morgan fingerprint density at radius 3 is 1.52 bits per heavy atom. The van der Waals surface area contributed by atoms with Crippen LogP contribution in [0, 0.1) is 0 Å². The fraction of sp³-hybridized carbons (Fsp3) is 0. The predicted molar refractivity (Wildman–Crippen MR) is 229 cm³/mol. The summed E-state index contributed by atoms with van der Waals surface area (Å²) in [6, 6.07) is 67.4. The van der Waals surface area contributed by atoms with Crippen molar-refractivity contribution in [2.24, 2.45) is 0 Å². The third-order valence-electron chi connectivity index (χ3n) is 10.7. The van der Waals surface area contributed by atoms with Gasteiger partial charge >= 0.3 is 0 Å². The third-order valence-corrected chi connectivity index (χ3v) is 10.7. The van der Waals surface area contributed by atoms with Crippen molar-refractivity contribution in [3.05, 3.63) is 194 Å².